The van der Waals surface area contributed by atoms with Gasteiger partial charge < -0.3 is 15.3 Å². The van der Waals surface area contributed by atoms with Crippen LogP contribution in [0.3, 0.4) is 0 Å². The van der Waals surface area contributed by atoms with Crippen molar-refractivity contribution in [2.75, 3.05) is 16.9 Å². The van der Waals surface area contributed by atoms with Crippen molar-refractivity contribution in [3.8, 4) is 5.75 Å². The molecule has 3 heteroatoms. The van der Waals surface area contributed by atoms with Crippen molar-refractivity contribution in [3.05, 3.63) is 48.0 Å². The van der Waals surface area contributed by atoms with Crippen LogP contribution in [0.1, 0.15) is 26.3 Å². The Bertz CT molecular complexity index is 644. The molecule has 2 aromatic carbocycles. The zero-order chi connectivity index (χ0) is 14.3. The van der Waals surface area contributed by atoms with Crippen LogP contribution in [0.2, 0.25) is 0 Å². The molecule has 0 aliphatic carbocycles. The van der Waals surface area contributed by atoms with E-state index in [9.17, 15) is 5.11 Å². The summed E-state index contributed by atoms with van der Waals surface area (Å²) in [7, 11) is 0. The number of nitrogens with zero attached hydrogens (tertiary/aromatic N) is 1. The first kappa shape index (κ1) is 12.9. The SMILES string of the molecule is CC(C)(C)c1ccc(O)c(N2CNc3ccccc32)c1. The maximum atomic E-state index is 10.2. The molecular formula is C17H20N2O. The summed E-state index contributed by atoms with van der Waals surface area (Å²) in [6, 6.07) is 14.0. The number of hydrogen-bond acceptors (Lipinski definition) is 3. The number of anilines is 3. The molecule has 104 valence electrons. The van der Waals surface area contributed by atoms with E-state index in [-0.39, 0.29) is 5.41 Å². The average Bonchev–Trinajstić information content (AvgIpc) is 2.82. The number of hydrogen-bond donors (Lipinski definition) is 2. The molecule has 20 heavy (non-hydrogen) atoms. The van der Waals surface area contributed by atoms with Crippen LogP contribution in [0.5, 0.6) is 5.75 Å². The predicted molar refractivity (Wildman–Crippen MR) is 83.9 cm³/mol. The van der Waals surface area contributed by atoms with E-state index in [4.69, 9.17) is 0 Å². The molecule has 0 atom stereocenters. The maximum absolute atomic E-state index is 10.2. The quantitative estimate of drug-likeness (QED) is 0.813. The van der Waals surface area contributed by atoms with Gasteiger partial charge in [0, 0.05) is 0 Å². The maximum Gasteiger partial charge on any atom is 0.139 e. The Hall–Kier alpha value is -2.16. The minimum atomic E-state index is 0.0646. The summed E-state index contributed by atoms with van der Waals surface area (Å²) >= 11 is 0. The third-order valence-electron chi connectivity index (χ3n) is 3.75. The van der Waals surface area contributed by atoms with Crippen LogP contribution in [-0.4, -0.2) is 11.8 Å². The summed E-state index contributed by atoms with van der Waals surface area (Å²) in [4.78, 5) is 2.11. The van der Waals surface area contributed by atoms with Gasteiger partial charge in [0.2, 0.25) is 0 Å². The third kappa shape index (κ3) is 2.09. The van der Waals surface area contributed by atoms with Crippen LogP contribution in [0.4, 0.5) is 17.1 Å². The lowest BCUT2D eigenvalue weighted by atomic mass is 9.86. The summed E-state index contributed by atoms with van der Waals surface area (Å²) in [5, 5.41) is 13.6. The first-order valence-electron chi connectivity index (χ1n) is 6.91. The van der Waals surface area contributed by atoms with Gasteiger partial charge >= 0.3 is 0 Å². The highest BCUT2D eigenvalue weighted by molar-refractivity contribution is 5.83. The van der Waals surface area contributed by atoms with Gasteiger partial charge in [0.15, 0.2) is 0 Å². The Balaban J connectivity index is 2.08. The zero-order valence-electron chi connectivity index (χ0n) is 12.1. The van der Waals surface area contributed by atoms with E-state index in [1.54, 1.807) is 6.07 Å². The Morgan fingerprint density at radius 3 is 2.55 bits per heavy atom. The second-order valence-corrected chi connectivity index (χ2v) is 6.23. The number of fused-ring (bicyclic) bond motifs is 1. The van der Waals surface area contributed by atoms with Gasteiger partial charge in [0.1, 0.15) is 5.75 Å². The second-order valence-electron chi connectivity index (χ2n) is 6.23. The Morgan fingerprint density at radius 1 is 1.05 bits per heavy atom. The van der Waals surface area contributed by atoms with Crippen LogP contribution in [0.15, 0.2) is 42.5 Å². The molecule has 0 radical (unpaired) electrons. The van der Waals surface area contributed by atoms with E-state index in [1.807, 2.05) is 18.2 Å². The van der Waals surface area contributed by atoms with Gasteiger partial charge in [-0.15, -0.1) is 0 Å². The van der Waals surface area contributed by atoms with Gasteiger partial charge in [-0.2, -0.15) is 0 Å². The topological polar surface area (TPSA) is 35.5 Å². The van der Waals surface area contributed by atoms with E-state index >= 15 is 0 Å². The highest BCUT2D eigenvalue weighted by Crippen LogP contribution is 2.41. The molecule has 2 aromatic rings. The molecule has 0 bridgehead atoms. The van der Waals surface area contributed by atoms with Gasteiger partial charge in [0.25, 0.3) is 0 Å². The molecule has 1 aliphatic rings. The van der Waals surface area contributed by atoms with Crippen LogP contribution < -0.4 is 10.2 Å². The van der Waals surface area contributed by atoms with Crippen LogP contribution >= 0.6 is 0 Å². The Morgan fingerprint density at radius 2 is 1.80 bits per heavy atom. The minimum absolute atomic E-state index is 0.0646. The summed E-state index contributed by atoms with van der Waals surface area (Å²) < 4.78 is 0. The molecule has 0 fully saturated rings. The number of nitrogens with one attached hydrogen (secondary N) is 1. The molecule has 3 rings (SSSR count). The van der Waals surface area contributed by atoms with Gasteiger partial charge in [-0.25, -0.2) is 0 Å². The van der Waals surface area contributed by atoms with Crippen molar-refractivity contribution >= 4 is 17.1 Å². The number of benzene rings is 2. The van der Waals surface area contributed by atoms with E-state index in [2.05, 4.69) is 49.2 Å². The smallest absolute Gasteiger partial charge is 0.139 e. The fourth-order valence-electron chi connectivity index (χ4n) is 2.53. The van der Waals surface area contributed by atoms with Crippen molar-refractivity contribution < 1.29 is 5.11 Å². The van der Waals surface area contributed by atoms with Gasteiger partial charge in [-0.1, -0.05) is 39.0 Å². The third-order valence-corrected chi connectivity index (χ3v) is 3.75. The minimum Gasteiger partial charge on any atom is -0.506 e. The molecule has 0 spiro atoms. The van der Waals surface area contributed by atoms with E-state index in [1.165, 1.54) is 5.56 Å². The van der Waals surface area contributed by atoms with Crippen molar-refractivity contribution in [2.45, 2.75) is 26.2 Å². The van der Waals surface area contributed by atoms with E-state index in [0.29, 0.717) is 12.4 Å². The lowest BCUT2D eigenvalue weighted by Crippen LogP contribution is -2.18. The van der Waals surface area contributed by atoms with Crippen molar-refractivity contribution in [1.29, 1.82) is 0 Å². The Labute approximate surface area is 119 Å². The van der Waals surface area contributed by atoms with Gasteiger partial charge in [-0.05, 0) is 35.2 Å². The second kappa shape index (κ2) is 4.44. The first-order valence-corrected chi connectivity index (χ1v) is 6.91. The number of rotatable bonds is 1. The lowest BCUT2D eigenvalue weighted by molar-refractivity contribution is 0.474. The number of phenols is 1. The van der Waals surface area contributed by atoms with Crippen molar-refractivity contribution in [1.82, 2.24) is 0 Å². The average molecular weight is 268 g/mol. The standard InChI is InChI=1S/C17H20N2O/c1-17(2,3)12-8-9-16(20)15(10-12)19-11-18-13-6-4-5-7-14(13)19/h4-10,18,20H,11H2,1-3H3. The molecule has 0 saturated carbocycles. The molecule has 0 saturated heterocycles. The normalized spacial score (nSPS) is 14.1. The molecule has 1 heterocycles. The lowest BCUT2D eigenvalue weighted by Gasteiger charge is -2.24. The number of phenolic OH excluding ortho intramolecular Hbond substituents is 1. The van der Waals surface area contributed by atoms with Gasteiger partial charge in [0.05, 0.1) is 23.7 Å². The molecule has 3 nitrogen and oxygen atoms in total. The fraction of sp³-hybridized carbons (Fsp3) is 0.294. The van der Waals surface area contributed by atoms with Crippen LogP contribution in [0.25, 0.3) is 0 Å². The Kier molecular flexibility index (Phi) is 2.85. The number of para-hydroxylation sites is 2. The molecule has 0 amide bonds. The monoisotopic (exact) mass is 268 g/mol. The highest BCUT2D eigenvalue weighted by atomic mass is 16.3. The molecule has 1 aliphatic heterocycles. The number of aromatic hydroxyl groups is 1. The first-order chi connectivity index (χ1) is 9.47. The summed E-state index contributed by atoms with van der Waals surface area (Å²) in [5.41, 5.74) is 4.35. The largest absolute Gasteiger partial charge is 0.506 e. The fourth-order valence-corrected chi connectivity index (χ4v) is 2.53. The van der Waals surface area contributed by atoms with E-state index < -0.39 is 0 Å². The summed E-state index contributed by atoms with van der Waals surface area (Å²) in [5.74, 6) is 0.316. The molecule has 0 aromatic heterocycles. The zero-order valence-corrected chi connectivity index (χ0v) is 12.1. The van der Waals surface area contributed by atoms with Crippen LogP contribution in [-0.2, 0) is 5.41 Å². The summed E-state index contributed by atoms with van der Waals surface area (Å²) in [6.45, 7) is 7.22. The van der Waals surface area contributed by atoms with E-state index in [0.717, 1.165) is 17.1 Å². The van der Waals surface area contributed by atoms with Crippen molar-refractivity contribution in [2.24, 2.45) is 0 Å². The van der Waals surface area contributed by atoms with Crippen LogP contribution in [0, 0.1) is 0 Å². The van der Waals surface area contributed by atoms with Gasteiger partial charge in [-0.3, -0.25) is 0 Å². The highest BCUT2D eigenvalue weighted by Gasteiger charge is 2.23. The molecule has 0 unspecified atom stereocenters. The molecule has 2 N–H and O–H groups in total. The van der Waals surface area contributed by atoms with Crippen molar-refractivity contribution in [3.63, 3.8) is 0 Å². The predicted octanol–water partition coefficient (Wildman–Crippen LogP) is 4.21. The summed E-state index contributed by atoms with van der Waals surface area (Å²) in [6.07, 6.45) is 0. The molecular weight excluding hydrogens is 248 g/mol.